The molecular weight excluding hydrogens is 490 g/mol. The van der Waals surface area contributed by atoms with Gasteiger partial charge in [0, 0.05) is 6.54 Å². The fourth-order valence-corrected chi connectivity index (χ4v) is 6.83. The van der Waals surface area contributed by atoms with Gasteiger partial charge in [-0.2, -0.15) is 4.31 Å². The van der Waals surface area contributed by atoms with E-state index in [1.54, 1.807) is 24.4 Å². The number of anilines is 1. The van der Waals surface area contributed by atoms with E-state index >= 15 is 0 Å². The van der Waals surface area contributed by atoms with Crippen molar-refractivity contribution >= 4 is 33.0 Å². The zero-order valence-corrected chi connectivity index (χ0v) is 21.0. The molecule has 0 aliphatic carbocycles. The van der Waals surface area contributed by atoms with Crippen molar-refractivity contribution in [2.45, 2.75) is 24.2 Å². The van der Waals surface area contributed by atoms with E-state index in [-0.39, 0.29) is 44.1 Å². The van der Waals surface area contributed by atoms with E-state index in [4.69, 9.17) is 5.73 Å². The van der Waals surface area contributed by atoms with Gasteiger partial charge in [0.15, 0.2) is 0 Å². The van der Waals surface area contributed by atoms with Gasteiger partial charge in [-0.1, -0.05) is 36.4 Å². The smallest absolute Gasteiger partial charge is 0.332 e. The molecule has 1 aromatic carbocycles. The van der Waals surface area contributed by atoms with Gasteiger partial charge in [0.1, 0.15) is 22.1 Å². The van der Waals surface area contributed by atoms with Gasteiger partial charge in [0.2, 0.25) is 5.78 Å². The number of quaternary nitrogens is 1. The Morgan fingerprint density at radius 3 is 2.34 bits per heavy atom. The van der Waals surface area contributed by atoms with Gasteiger partial charge in [0.05, 0.1) is 32.7 Å². The second-order valence-electron chi connectivity index (χ2n) is 8.35. The first-order valence-corrected chi connectivity index (χ1v) is 13.6. The van der Waals surface area contributed by atoms with Crippen LogP contribution < -0.4 is 21.9 Å². The first-order valence-electron chi connectivity index (χ1n) is 11.3. The molecular formula is C23H28N5O5S2+. The summed E-state index contributed by atoms with van der Waals surface area (Å²) in [5, 5.41) is 1.72. The van der Waals surface area contributed by atoms with Crippen LogP contribution in [0.4, 0.5) is 5.82 Å². The summed E-state index contributed by atoms with van der Waals surface area (Å²) in [7, 11) is -3.54. The Balaban J connectivity index is 1.54. The lowest BCUT2D eigenvalue weighted by molar-refractivity contribution is -0.895. The molecule has 186 valence electrons. The van der Waals surface area contributed by atoms with Gasteiger partial charge in [-0.25, -0.2) is 13.2 Å². The first kappa shape index (κ1) is 25.0. The maximum Gasteiger partial charge on any atom is 0.332 e. The highest BCUT2D eigenvalue weighted by Gasteiger charge is 2.33. The minimum atomic E-state index is -3.54. The molecule has 12 heteroatoms. The summed E-state index contributed by atoms with van der Waals surface area (Å²) in [5.41, 5.74) is 5.60. The zero-order chi connectivity index (χ0) is 25.2. The Hall–Kier alpha value is -3.06. The average Bonchev–Trinajstić information content (AvgIpc) is 3.39. The number of piperazine rings is 1. The molecule has 1 aliphatic heterocycles. The number of rotatable bonds is 8. The van der Waals surface area contributed by atoms with Crippen molar-refractivity contribution in [3.63, 3.8) is 0 Å². The van der Waals surface area contributed by atoms with E-state index in [1.165, 1.54) is 20.2 Å². The Morgan fingerprint density at radius 2 is 1.74 bits per heavy atom. The maximum absolute atomic E-state index is 13.2. The minimum absolute atomic E-state index is 0.0143. The molecule has 0 atom stereocenters. The second-order valence-corrected chi connectivity index (χ2v) is 11.5. The SMILES string of the molecule is CCn1c(=O)c(C(=O)C[NH+]2CCN(S(=O)(=O)c3cccs3)CC2)c(N)n(Cc2ccccc2)c1=O. The normalized spacial score (nSPS) is 15.3. The molecule has 1 aliphatic rings. The second kappa shape index (κ2) is 10.3. The summed E-state index contributed by atoms with van der Waals surface area (Å²) in [6.45, 7) is 3.27. The van der Waals surface area contributed by atoms with Crippen molar-refractivity contribution in [2.75, 3.05) is 38.5 Å². The number of carbonyl (C=O) groups excluding carboxylic acids is 1. The number of nitrogen functional groups attached to an aromatic ring is 1. The van der Waals surface area contributed by atoms with Crippen LogP contribution >= 0.6 is 11.3 Å². The van der Waals surface area contributed by atoms with E-state index < -0.39 is 27.1 Å². The van der Waals surface area contributed by atoms with Gasteiger partial charge in [0.25, 0.3) is 15.6 Å². The van der Waals surface area contributed by atoms with Gasteiger partial charge in [-0.3, -0.25) is 18.7 Å². The number of nitrogens with one attached hydrogen (secondary N) is 1. The summed E-state index contributed by atoms with van der Waals surface area (Å²) in [6.07, 6.45) is 0. The minimum Gasteiger partial charge on any atom is -0.384 e. The van der Waals surface area contributed by atoms with Gasteiger partial charge in [-0.15, -0.1) is 11.3 Å². The molecule has 0 unspecified atom stereocenters. The Bertz CT molecular complexity index is 1420. The van der Waals surface area contributed by atoms with Crippen LogP contribution in [0.2, 0.25) is 0 Å². The van der Waals surface area contributed by atoms with Crippen molar-refractivity contribution in [1.29, 1.82) is 0 Å². The molecule has 2 aromatic heterocycles. The molecule has 1 fully saturated rings. The number of hydrogen-bond acceptors (Lipinski definition) is 7. The number of sulfonamides is 1. The zero-order valence-electron chi connectivity index (χ0n) is 19.3. The number of thiophene rings is 1. The van der Waals surface area contributed by atoms with Crippen molar-refractivity contribution < 1.29 is 18.1 Å². The molecule has 0 radical (unpaired) electrons. The molecule has 0 saturated carbocycles. The molecule has 3 N–H and O–H groups in total. The van der Waals surface area contributed by atoms with E-state index in [0.29, 0.717) is 17.3 Å². The van der Waals surface area contributed by atoms with Crippen molar-refractivity contribution in [2.24, 2.45) is 0 Å². The highest BCUT2D eigenvalue weighted by atomic mass is 32.2. The van der Waals surface area contributed by atoms with Gasteiger partial charge in [-0.05, 0) is 23.9 Å². The lowest BCUT2D eigenvalue weighted by Crippen LogP contribution is -3.15. The summed E-state index contributed by atoms with van der Waals surface area (Å²) in [6, 6.07) is 12.5. The van der Waals surface area contributed by atoms with E-state index in [2.05, 4.69) is 0 Å². The number of ketones is 1. The molecule has 10 nitrogen and oxygen atoms in total. The van der Waals surface area contributed by atoms with Crippen LogP contribution in [-0.2, 0) is 23.1 Å². The number of nitrogens with two attached hydrogens (primary N) is 1. The number of carbonyl (C=O) groups is 1. The quantitative estimate of drug-likeness (QED) is 0.387. The summed E-state index contributed by atoms with van der Waals surface area (Å²) >= 11 is 1.17. The molecule has 3 aromatic rings. The Morgan fingerprint density at radius 1 is 1.06 bits per heavy atom. The molecule has 0 amide bonds. The van der Waals surface area contributed by atoms with Crippen LogP contribution in [-0.4, -0.2) is 60.4 Å². The lowest BCUT2D eigenvalue weighted by atomic mass is 10.1. The number of nitrogens with zero attached hydrogens (tertiary/aromatic N) is 3. The largest absolute Gasteiger partial charge is 0.384 e. The average molecular weight is 519 g/mol. The molecule has 3 heterocycles. The van der Waals surface area contributed by atoms with Crippen LogP contribution in [0.25, 0.3) is 0 Å². The molecule has 35 heavy (non-hydrogen) atoms. The highest BCUT2D eigenvalue weighted by molar-refractivity contribution is 7.91. The lowest BCUT2D eigenvalue weighted by Gasteiger charge is -2.30. The molecule has 1 saturated heterocycles. The third-order valence-electron chi connectivity index (χ3n) is 6.18. The third-order valence-corrected chi connectivity index (χ3v) is 9.45. The number of Topliss-reactive ketones (excluding diaryl/α,β-unsaturated/α-hetero) is 1. The standard InChI is InChI=1S/C23H27N5O5S2/c1-2-27-22(30)20(21(24)28(23(27)31)15-17-7-4-3-5-8-17)18(29)16-25-10-12-26(13-11-25)35(32,33)19-9-6-14-34-19/h3-9,14H,2,10-13,15-16,24H2,1H3/p+1. The summed E-state index contributed by atoms with van der Waals surface area (Å²) < 4.78 is 29.5. The fraction of sp³-hybridized carbons (Fsp3) is 0.348. The summed E-state index contributed by atoms with van der Waals surface area (Å²) in [5.74, 6) is -0.599. The number of aromatic nitrogens is 2. The van der Waals surface area contributed by atoms with Gasteiger partial charge < -0.3 is 10.6 Å². The molecule has 0 spiro atoms. The van der Waals surface area contributed by atoms with Crippen molar-refractivity contribution in [1.82, 2.24) is 13.4 Å². The van der Waals surface area contributed by atoms with Crippen LogP contribution in [0.15, 0.2) is 61.6 Å². The Labute approximate surface area is 206 Å². The third kappa shape index (κ3) is 5.01. The topological polar surface area (TPSA) is 129 Å². The number of benzene rings is 1. The van der Waals surface area contributed by atoms with E-state index in [0.717, 1.165) is 15.0 Å². The van der Waals surface area contributed by atoms with E-state index in [1.807, 2.05) is 30.3 Å². The Kier molecular flexibility index (Phi) is 7.36. The molecule has 0 bridgehead atoms. The summed E-state index contributed by atoms with van der Waals surface area (Å²) in [4.78, 5) is 40.0. The number of hydrogen-bond donors (Lipinski definition) is 2. The van der Waals surface area contributed by atoms with Gasteiger partial charge >= 0.3 is 5.69 Å². The fourth-order valence-electron chi connectivity index (χ4n) is 4.25. The predicted molar refractivity (Wildman–Crippen MR) is 134 cm³/mol. The predicted octanol–water partition coefficient (Wildman–Crippen LogP) is -0.506. The molecule has 4 rings (SSSR count). The van der Waals surface area contributed by atoms with Crippen molar-refractivity contribution in [3.05, 3.63) is 79.8 Å². The van der Waals surface area contributed by atoms with Crippen molar-refractivity contribution in [3.8, 4) is 0 Å². The van der Waals surface area contributed by atoms with Crippen LogP contribution in [0, 0.1) is 0 Å². The van der Waals surface area contributed by atoms with Crippen LogP contribution in [0.1, 0.15) is 22.8 Å². The van der Waals surface area contributed by atoms with Crippen LogP contribution in [0.3, 0.4) is 0 Å². The van der Waals surface area contributed by atoms with Crippen LogP contribution in [0.5, 0.6) is 0 Å². The van der Waals surface area contributed by atoms with E-state index in [9.17, 15) is 22.8 Å². The maximum atomic E-state index is 13.2. The highest BCUT2D eigenvalue weighted by Crippen LogP contribution is 2.20. The monoisotopic (exact) mass is 518 g/mol. The first-order chi connectivity index (χ1) is 16.7.